The first-order valence-electron chi connectivity index (χ1n) is 5.16. The molecule has 6 heteroatoms. The lowest BCUT2D eigenvalue weighted by Gasteiger charge is -2.25. The fourth-order valence-corrected chi connectivity index (χ4v) is 1.58. The smallest absolute Gasteiger partial charge is 0.203 e. The first-order chi connectivity index (χ1) is 7.65. The summed E-state index contributed by atoms with van der Waals surface area (Å²) in [7, 11) is 1.96. The van der Waals surface area contributed by atoms with Gasteiger partial charge in [-0.1, -0.05) is 0 Å². The molecule has 86 valence electrons. The quantitative estimate of drug-likeness (QED) is 0.659. The lowest BCUT2D eigenvalue weighted by molar-refractivity contribution is 0.472. The highest BCUT2D eigenvalue weighted by Crippen LogP contribution is 2.03. The van der Waals surface area contributed by atoms with Crippen LogP contribution in [-0.4, -0.2) is 35.0 Å². The van der Waals surface area contributed by atoms with Crippen LogP contribution < -0.4 is 11.1 Å². The van der Waals surface area contributed by atoms with E-state index in [0.717, 1.165) is 18.2 Å². The first-order valence-corrected chi connectivity index (χ1v) is 5.16. The summed E-state index contributed by atoms with van der Waals surface area (Å²) in [5.41, 5.74) is 6.78. The second kappa shape index (κ2) is 4.26. The molecule has 0 saturated heterocycles. The fourth-order valence-electron chi connectivity index (χ4n) is 1.58. The van der Waals surface area contributed by atoms with Gasteiger partial charge in [0.15, 0.2) is 5.96 Å². The number of aromatic amines is 1. The van der Waals surface area contributed by atoms with Crippen LogP contribution in [0.5, 0.6) is 0 Å². The third kappa shape index (κ3) is 2.33. The molecule has 0 amide bonds. The van der Waals surface area contributed by atoms with Crippen molar-refractivity contribution in [2.75, 3.05) is 7.05 Å². The summed E-state index contributed by atoms with van der Waals surface area (Å²) < 4.78 is 0. The van der Waals surface area contributed by atoms with Crippen molar-refractivity contribution < 1.29 is 0 Å². The molecule has 0 bridgehead atoms. The predicted octanol–water partition coefficient (Wildman–Crippen LogP) is 0.0664. The van der Waals surface area contributed by atoms with Gasteiger partial charge in [0.2, 0.25) is 5.96 Å². The third-order valence-electron chi connectivity index (χ3n) is 2.31. The molecule has 0 radical (unpaired) electrons. The van der Waals surface area contributed by atoms with Crippen LogP contribution in [-0.2, 0) is 6.54 Å². The Bertz CT molecular complexity index is 405. The molecule has 1 aliphatic heterocycles. The van der Waals surface area contributed by atoms with E-state index in [2.05, 4.69) is 20.3 Å². The zero-order valence-electron chi connectivity index (χ0n) is 9.44. The maximum absolute atomic E-state index is 5.65. The molecule has 0 spiro atoms. The number of aromatic nitrogens is 1. The lowest BCUT2D eigenvalue weighted by Crippen LogP contribution is -2.48. The van der Waals surface area contributed by atoms with Crippen molar-refractivity contribution in [3.8, 4) is 0 Å². The van der Waals surface area contributed by atoms with Crippen LogP contribution in [0.25, 0.3) is 0 Å². The largest absolute Gasteiger partial charge is 0.370 e. The Hall–Kier alpha value is -1.98. The van der Waals surface area contributed by atoms with E-state index in [1.807, 2.05) is 37.2 Å². The van der Waals surface area contributed by atoms with Crippen LogP contribution in [0.1, 0.15) is 12.6 Å². The number of nitrogens with two attached hydrogens (primary N) is 1. The average molecular weight is 220 g/mol. The molecule has 2 heterocycles. The Morgan fingerprint density at radius 1 is 1.50 bits per heavy atom. The number of H-pyrrole nitrogens is 1. The molecule has 1 atom stereocenters. The minimum absolute atomic E-state index is 0.123. The first kappa shape index (κ1) is 10.5. The van der Waals surface area contributed by atoms with Gasteiger partial charge in [0.25, 0.3) is 0 Å². The summed E-state index contributed by atoms with van der Waals surface area (Å²) in [5.74, 6) is 1.16. The topological polar surface area (TPSA) is 81.8 Å². The monoisotopic (exact) mass is 220 g/mol. The van der Waals surface area contributed by atoms with Gasteiger partial charge in [-0.25, -0.2) is 9.98 Å². The molecule has 16 heavy (non-hydrogen) atoms. The minimum Gasteiger partial charge on any atom is -0.370 e. The number of nitrogens with zero attached hydrogens (tertiary/aromatic N) is 3. The van der Waals surface area contributed by atoms with E-state index in [1.54, 1.807) is 0 Å². The van der Waals surface area contributed by atoms with Gasteiger partial charge in [0.05, 0.1) is 6.54 Å². The zero-order chi connectivity index (χ0) is 11.5. The van der Waals surface area contributed by atoms with Crippen LogP contribution in [0.15, 0.2) is 28.3 Å². The molecular formula is C10H16N6. The van der Waals surface area contributed by atoms with E-state index in [4.69, 9.17) is 5.73 Å². The Balaban J connectivity index is 2.02. The summed E-state index contributed by atoms with van der Waals surface area (Å²) in [6.45, 7) is 2.65. The minimum atomic E-state index is -0.123. The Morgan fingerprint density at radius 2 is 2.31 bits per heavy atom. The second-order valence-electron chi connectivity index (χ2n) is 3.78. The summed E-state index contributed by atoms with van der Waals surface area (Å²) in [5, 5.41) is 2.95. The molecule has 2 rings (SSSR count). The summed E-state index contributed by atoms with van der Waals surface area (Å²) in [6, 6.07) is 4.00. The number of aliphatic imine (C=N–C) groups is 2. The van der Waals surface area contributed by atoms with E-state index in [1.165, 1.54) is 0 Å². The van der Waals surface area contributed by atoms with Gasteiger partial charge in [-0.2, -0.15) is 0 Å². The number of nitrogens with one attached hydrogen (secondary N) is 2. The number of guanidine groups is 2. The van der Waals surface area contributed by atoms with Crippen LogP contribution in [0.3, 0.4) is 0 Å². The molecule has 6 nitrogen and oxygen atoms in total. The molecule has 4 N–H and O–H groups in total. The Morgan fingerprint density at radius 3 is 2.94 bits per heavy atom. The summed E-state index contributed by atoms with van der Waals surface area (Å²) in [4.78, 5) is 13.6. The van der Waals surface area contributed by atoms with Crippen molar-refractivity contribution in [2.24, 2.45) is 15.7 Å². The molecule has 0 saturated carbocycles. The van der Waals surface area contributed by atoms with Gasteiger partial charge in [-0.05, 0) is 19.1 Å². The summed E-state index contributed by atoms with van der Waals surface area (Å²) >= 11 is 0. The van der Waals surface area contributed by atoms with Crippen molar-refractivity contribution in [1.82, 2.24) is 15.2 Å². The molecule has 0 fully saturated rings. The van der Waals surface area contributed by atoms with Gasteiger partial charge in [-0.3, -0.25) is 5.32 Å². The van der Waals surface area contributed by atoms with Gasteiger partial charge in [0.1, 0.15) is 6.17 Å². The highest BCUT2D eigenvalue weighted by Gasteiger charge is 2.14. The number of rotatable bonds is 2. The maximum atomic E-state index is 5.65. The van der Waals surface area contributed by atoms with E-state index in [9.17, 15) is 0 Å². The van der Waals surface area contributed by atoms with E-state index >= 15 is 0 Å². The Kier molecular flexibility index (Phi) is 2.80. The summed E-state index contributed by atoms with van der Waals surface area (Å²) in [6.07, 6.45) is 1.78. The van der Waals surface area contributed by atoms with Crippen molar-refractivity contribution in [2.45, 2.75) is 19.6 Å². The predicted molar refractivity (Wildman–Crippen MR) is 63.9 cm³/mol. The van der Waals surface area contributed by atoms with Crippen LogP contribution in [0.4, 0.5) is 0 Å². The zero-order valence-corrected chi connectivity index (χ0v) is 9.44. The second-order valence-corrected chi connectivity index (χ2v) is 3.78. The van der Waals surface area contributed by atoms with Crippen LogP contribution in [0.2, 0.25) is 0 Å². The van der Waals surface area contributed by atoms with E-state index < -0.39 is 0 Å². The molecule has 1 unspecified atom stereocenters. The number of hydrogen-bond acceptors (Lipinski definition) is 5. The van der Waals surface area contributed by atoms with Crippen molar-refractivity contribution in [3.63, 3.8) is 0 Å². The van der Waals surface area contributed by atoms with Crippen LogP contribution >= 0.6 is 0 Å². The molecule has 1 aromatic rings. The maximum Gasteiger partial charge on any atom is 0.203 e. The normalized spacial score (nSPS) is 19.8. The van der Waals surface area contributed by atoms with Crippen molar-refractivity contribution >= 4 is 11.9 Å². The Labute approximate surface area is 94.3 Å². The van der Waals surface area contributed by atoms with Crippen LogP contribution in [0, 0.1) is 0 Å². The fraction of sp³-hybridized carbons (Fsp3) is 0.400. The highest BCUT2D eigenvalue weighted by atomic mass is 15.4. The van der Waals surface area contributed by atoms with Gasteiger partial charge in [-0.15, -0.1) is 0 Å². The standard InChI is InChI=1S/C10H16N6/c1-7-13-9(11)15-10(14-7)16(2)6-8-4-3-5-12-8/h3-5,7,12H,6H2,1-2H3,(H3,11,13,14,15). The van der Waals surface area contributed by atoms with Gasteiger partial charge in [0, 0.05) is 18.9 Å². The molecule has 0 aromatic carbocycles. The van der Waals surface area contributed by atoms with Crippen molar-refractivity contribution in [1.29, 1.82) is 0 Å². The molecular weight excluding hydrogens is 204 g/mol. The average Bonchev–Trinajstić information content (AvgIpc) is 2.68. The molecule has 0 aliphatic carbocycles. The lowest BCUT2D eigenvalue weighted by atomic mass is 10.4. The third-order valence-corrected chi connectivity index (χ3v) is 2.31. The van der Waals surface area contributed by atoms with E-state index in [0.29, 0.717) is 5.96 Å². The molecule has 1 aliphatic rings. The van der Waals surface area contributed by atoms with E-state index in [-0.39, 0.29) is 6.17 Å². The van der Waals surface area contributed by atoms with Crippen molar-refractivity contribution in [3.05, 3.63) is 24.0 Å². The number of hydrogen-bond donors (Lipinski definition) is 3. The highest BCUT2D eigenvalue weighted by molar-refractivity contribution is 5.99. The molecule has 1 aromatic heterocycles. The van der Waals surface area contributed by atoms with Gasteiger partial charge >= 0.3 is 0 Å². The SMILES string of the molecule is CC1N=C(N)NC(N(C)Cc2ccc[nH]2)=N1. The van der Waals surface area contributed by atoms with Gasteiger partial charge < -0.3 is 15.6 Å².